The van der Waals surface area contributed by atoms with Gasteiger partial charge in [-0.15, -0.1) is 0 Å². The standard InChI is InChI=1S/C19H23N3O4S/c1-20-27(24,25)18-14-15(8-9-17(18)26-2)19(23)22-12-10-21(11-13-22)16-6-4-3-5-7-16/h3-9,14,20H,10-13H2,1-2H3. The number of anilines is 1. The number of hydrogen-bond donors (Lipinski definition) is 1. The zero-order chi connectivity index (χ0) is 19.4. The number of carbonyl (C=O) groups is 1. The van der Waals surface area contributed by atoms with Crippen molar-refractivity contribution in [1.82, 2.24) is 9.62 Å². The van der Waals surface area contributed by atoms with Gasteiger partial charge in [-0.05, 0) is 37.4 Å². The van der Waals surface area contributed by atoms with Crippen LogP contribution in [0.2, 0.25) is 0 Å². The van der Waals surface area contributed by atoms with Crippen LogP contribution in [0.5, 0.6) is 5.75 Å². The third-order valence-corrected chi connectivity index (χ3v) is 6.09. The van der Waals surface area contributed by atoms with Crippen molar-refractivity contribution >= 4 is 21.6 Å². The lowest BCUT2D eigenvalue weighted by atomic mass is 10.1. The van der Waals surface area contributed by atoms with E-state index in [1.54, 1.807) is 11.0 Å². The first-order valence-corrected chi connectivity index (χ1v) is 10.2. The molecular weight excluding hydrogens is 366 g/mol. The molecular formula is C19H23N3O4S. The lowest BCUT2D eigenvalue weighted by Crippen LogP contribution is -2.48. The number of nitrogens with one attached hydrogen (secondary N) is 1. The number of carbonyl (C=O) groups excluding carboxylic acids is 1. The molecule has 1 N–H and O–H groups in total. The summed E-state index contributed by atoms with van der Waals surface area (Å²) in [5, 5.41) is 0. The van der Waals surface area contributed by atoms with Crippen LogP contribution in [0.1, 0.15) is 10.4 Å². The van der Waals surface area contributed by atoms with Gasteiger partial charge in [-0.2, -0.15) is 0 Å². The van der Waals surface area contributed by atoms with Crippen LogP contribution in [0.3, 0.4) is 0 Å². The highest BCUT2D eigenvalue weighted by Gasteiger charge is 2.25. The van der Waals surface area contributed by atoms with Crippen molar-refractivity contribution in [2.24, 2.45) is 0 Å². The number of amides is 1. The Hall–Kier alpha value is -2.58. The molecule has 0 atom stereocenters. The maximum Gasteiger partial charge on any atom is 0.254 e. The van der Waals surface area contributed by atoms with E-state index in [4.69, 9.17) is 4.74 Å². The molecule has 144 valence electrons. The van der Waals surface area contributed by atoms with Crippen LogP contribution in [0.4, 0.5) is 5.69 Å². The minimum absolute atomic E-state index is 0.0405. The first-order valence-electron chi connectivity index (χ1n) is 8.67. The second-order valence-electron chi connectivity index (χ2n) is 6.19. The van der Waals surface area contributed by atoms with Gasteiger partial charge in [0.2, 0.25) is 10.0 Å². The molecule has 8 heteroatoms. The van der Waals surface area contributed by atoms with E-state index in [0.29, 0.717) is 18.7 Å². The first-order chi connectivity index (χ1) is 13.0. The molecule has 1 fully saturated rings. The van der Waals surface area contributed by atoms with Crippen LogP contribution in [-0.4, -0.2) is 59.6 Å². The number of hydrogen-bond acceptors (Lipinski definition) is 5. The predicted octanol–water partition coefficient (Wildman–Crippen LogP) is 1.57. The lowest BCUT2D eigenvalue weighted by molar-refractivity contribution is 0.0746. The smallest absolute Gasteiger partial charge is 0.254 e. The van der Waals surface area contributed by atoms with E-state index in [9.17, 15) is 13.2 Å². The van der Waals surface area contributed by atoms with E-state index in [-0.39, 0.29) is 16.6 Å². The van der Waals surface area contributed by atoms with Crippen molar-refractivity contribution in [1.29, 1.82) is 0 Å². The molecule has 0 unspecified atom stereocenters. The van der Waals surface area contributed by atoms with Crippen molar-refractivity contribution in [2.45, 2.75) is 4.90 Å². The SMILES string of the molecule is CNS(=O)(=O)c1cc(C(=O)N2CCN(c3ccccc3)CC2)ccc1OC. The van der Waals surface area contributed by atoms with E-state index in [2.05, 4.69) is 21.8 Å². The van der Waals surface area contributed by atoms with Gasteiger partial charge < -0.3 is 14.5 Å². The molecule has 3 rings (SSSR count). The summed E-state index contributed by atoms with van der Waals surface area (Å²) < 4.78 is 31.8. The Balaban J connectivity index is 1.76. The average Bonchev–Trinajstić information content (AvgIpc) is 2.73. The second-order valence-corrected chi connectivity index (χ2v) is 8.04. The Bertz CT molecular complexity index is 908. The number of benzene rings is 2. The summed E-state index contributed by atoms with van der Waals surface area (Å²) >= 11 is 0. The summed E-state index contributed by atoms with van der Waals surface area (Å²) in [6, 6.07) is 14.5. The maximum absolute atomic E-state index is 12.9. The Labute approximate surface area is 159 Å². The first kappa shape index (κ1) is 19.2. The minimum Gasteiger partial charge on any atom is -0.495 e. The number of piperazine rings is 1. The summed E-state index contributed by atoms with van der Waals surface area (Å²) in [6.07, 6.45) is 0. The fourth-order valence-electron chi connectivity index (χ4n) is 3.12. The van der Waals surface area contributed by atoms with Gasteiger partial charge in [-0.1, -0.05) is 18.2 Å². The Morgan fingerprint density at radius 1 is 1.04 bits per heavy atom. The number of methoxy groups -OCH3 is 1. The summed E-state index contributed by atoms with van der Waals surface area (Å²) in [4.78, 5) is 16.8. The highest BCUT2D eigenvalue weighted by Crippen LogP contribution is 2.25. The van der Waals surface area contributed by atoms with Crippen molar-refractivity contribution in [2.75, 3.05) is 45.2 Å². The van der Waals surface area contributed by atoms with Crippen molar-refractivity contribution in [3.05, 3.63) is 54.1 Å². The fourth-order valence-corrected chi connectivity index (χ4v) is 4.04. The maximum atomic E-state index is 12.9. The van der Waals surface area contributed by atoms with Crippen LogP contribution < -0.4 is 14.4 Å². The molecule has 1 saturated heterocycles. The zero-order valence-corrected chi connectivity index (χ0v) is 16.2. The van der Waals surface area contributed by atoms with Gasteiger partial charge in [-0.3, -0.25) is 4.79 Å². The van der Waals surface area contributed by atoms with E-state index < -0.39 is 10.0 Å². The Kier molecular flexibility index (Phi) is 5.67. The molecule has 1 heterocycles. The van der Waals surface area contributed by atoms with Gasteiger partial charge in [0.25, 0.3) is 5.91 Å². The Morgan fingerprint density at radius 3 is 2.30 bits per heavy atom. The molecule has 2 aromatic carbocycles. The summed E-state index contributed by atoms with van der Waals surface area (Å²) in [6.45, 7) is 2.61. The van der Waals surface area contributed by atoms with E-state index >= 15 is 0 Å². The normalized spacial score (nSPS) is 14.9. The largest absolute Gasteiger partial charge is 0.495 e. The van der Waals surface area contributed by atoms with Crippen molar-refractivity contribution in [3.8, 4) is 5.75 Å². The second kappa shape index (κ2) is 7.98. The quantitative estimate of drug-likeness (QED) is 0.840. The number of ether oxygens (including phenoxy) is 1. The molecule has 0 aromatic heterocycles. The molecule has 27 heavy (non-hydrogen) atoms. The van der Waals surface area contributed by atoms with Crippen LogP contribution in [0, 0.1) is 0 Å². The predicted molar refractivity (Wildman–Crippen MR) is 104 cm³/mol. The number of rotatable bonds is 5. The third-order valence-electron chi connectivity index (χ3n) is 4.66. The van der Waals surface area contributed by atoms with E-state index in [0.717, 1.165) is 18.8 Å². The minimum atomic E-state index is -3.73. The average molecular weight is 389 g/mol. The van der Waals surface area contributed by atoms with Crippen LogP contribution in [0.15, 0.2) is 53.4 Å². The van der Waals surface area contributed by atoms with E-state index in [1.807, 2.05) is 18.2 Å². The van der Waals surface area contributed by atoms with Gasteiger partial charge >= 0.3 is 0 Å². The molecule has 1 aliphatic heterocycles. The topological polar surface area (TPSA) is 79.0 Å². The molecule has 0 aliphatic carbocycles. The van der Waals surface area contributed by atoms with Crippen LogP contribution in [0.25, 0.3) is 0 Å². The molecule has 2 aromatic rings. The molecule has 0 spiro atoms. The number of para-hydroxylation sites is 1. The molecule has 1 amide bonds. The summed E-state index contributed by atoms with van der Waals surface area (Å²) in [5.41, 5.74) is 1.47. The third kappa shape index (κ3) is 4.06. The van der Waals surface area contributed by atoms with Crippen molar-refractivity contribution < 1.29 is 17.9 Å². The molecule has 0 radical (unpaired) electrons. The summed E-state index contributed by atoms with van der Waals surface area (Å²) in [5.74, 6) is 0.0210. The van der Waals surface area contributed by atoms with Crippen LogP contribution >= 0.6 is 0 Å². The van der Waals surface area contributed by atoms with Gasteiger partial charge in [0.1, 0.15) is 10.6 Å². The monoisotopic (exact) mass is 389 g/mol. The molecule has 0 bridgehead atoms. The number of sulfonamides is 1. The van der Waals surface area contributed by atoms with Gasteiger partial charge in [0.15, 0.2) is 0 Å². The van der Waals surface area contributed by atoms with Crippen LogP contribution in [-0.2, 0) is 10.0 Å². The van der Waals surface area contributed by atoms with Gasteiger partial charge in [0.05, 0.1) is 7.11 Å². The summed E-state index contributed by atoms with van der Waals surface area (Å²) in [7, 11) is -1.00. The van der Waals surface area contributed by atoms with Gasteiger partial charge in [-0.25, -0.2) is 13.1 Å². The highest BCUT2D eigenvalue weighted by molar-refractivity contribution is 7.89. The molecule has 0 saturated carbocycles. The fraction of sp³-hybridized carbons (Fsp3) is 0.316. The van der Waals surface area contributed by atoms with Gasteiger partial charge in [0, 0.05) is 37.4 Å². The molecule has 7 nitrogen and oxygen atoms in total. The highest BCUT2D eigenvalue weighted by atomic mass is 32.2. The molecule has 1 aliphatic rings. The number of nitrogens with zero attached hydrogens (tertiary/aromatic N) is 2. The lowest BCUT2D eigenvalue weighted by Gasteiger charge is -2.36. The van der Waals surface area contributed by atoms with E-state index in [1.165, 1.54) is 26.3 Å². The Morgan fingerprint density at radius 2 is 1.70 bits per heavy atom. The zero-order valence-electron chi connectivity index (χ0n) is 15.4. The van der Waals surface area contributed by atoms with Crippen molar-refractivity contribution in [3.63, 3.8) is 0 Å².